The second-order valence-corrected chi connectivity index (χ2v) is 7.72. The van der Waals surface area contributed by atoms with Gasteiger partial charge in [0.05, 0.1) is 30.3 Å². The van der Waals surface area contributed by atoms with Crippen molar-refractivity contribution >= 4 is 16.9 Å². The fourth-order valence-electron chi connectivity index (χ4n) is 3.86. The van der Waals surface area contributed by atoms with Gasteiger partial charge in [-0.15, -0.1) is 0 Å². The van der Waals surface area contributed by atoms with Crippen LogP contribution in [-0.4, -0.2) is 35.7 Å². The number of amides is 1. The first-order valence-electron chi connectivity index (χ1n) is 11.3. The molecule has 0 unspecified atom stereocenters. The Balaban J connectivity index is 1.41. The molecule has 1 N–H and O–H groups in total. The van der Waals surface area contributed by atoms with Gasteiger partial charge >= 0.3 is 0 Å². The van der Waals surface area contributed by atoms with Crippen molar-refractivity contribution in [2.24, 2.45) is 0 Å². The highest BCUT2D eigenvalue weighted by atomic mass is 16.5. The van der Waals surface area contributed by atoms with Gasteiger partial charge in [-0.3, -0.25) is 4.79 Å². The van der Waals surface area contributed by atoms with Crippen LogP contribution in [0.3, 0.4) is 0 Å². The summed E-state index contributed by atoms with van der Waals surface area (Å²) in [5, 5.41) is 2.98. The molecule has 0 spiro atoms. The number of benzene rings is 3. The summed E-state index contributed by atoms with van der Waals surface area (Å²) in [6.45, 7) is 3.82. The van der Waals surface area contributed by atoms with Crippen molar-refractivity contribution in [2.45, 2.75) is 26.3 Å². The van der Waals surface area contributed by atoms with Gasteiger partial charge in [-0.1, -0.05) is 43.3 Å². The van der Waals surface area contributed by atoms with E-state index in [4.69, 9.17) is 14.5 Å². The molecule has 3 aromatic carbocycles. The van der Waals surface area contributed by atoms with Gasteiger partial charge in [-0.2, -0.15) is 0 Å². The van der Waals surface area contributed by atoms with Crippen LogP contribution >= 0.6 is 0 Å². The Morgan fingerprint density at radius 2 is 1.76 bits per heavy atom. The Hall–Kier alpha value is -3.80. The molecule has 6 heteroatoms. The van der Waals surface area contributed by atoms with Gasteiger partial charge in [-0.05, 0) is 48.4 Å². The first-order chi connectivity index (χ1) is 16.2. The van der Waals surface area contributed by atoms with Crippen molar-refractivity contribution < 1.29 is 14.3 Å². The molecule has 170 valence electrons. The number of ether oxygens (including phenoxy) is 2. The van der Waals surface area contributed by atoms with Crippen LogP contribution < -0.4 is 14.8 Å². The number of fused-ring (bicyclic) bond motifs is 1. The Kier molecular flexibility index (Phi) is 7.25. The van der Waals surface area contributed by atoms with Crippen molar-refractivity contribution in [3.8, 4) is 11.5 Å². The van der Waals surface area contributed by atoms with Crippen molar-refractivity contribution in [3.63, 3.8) is 0 Å². The molecular formula is C27H29N3O3. The van der Waals surface area contributed by atoms with Crippen LogP contribution in [0, 0.1) is 0 Å². The molecule has 4 rings (SSSR count). The fourth-order valence-corrected chi connectivity index (χ4v) is 3.86. The normalized spacial score (nSPS) is 10.8. The molecule has 0 bridgehead atoms. The standard InChI is InChI=1S/C27H29N3O3/c1-3-20-12-14-21(15-13-20)33-19-18-30-24-10-6-5-9-23(24)29-26(30)16-17-28-27(31)22-8-4-7-11-25(22)32-2/h4-15H,3,16-19H2,1-2H3,(H,28,31). The van der Waals surface area contributed by atoms with E-state index in [9.17, 15) is 4.79 Å². The van der Waals surface area contributed by atoms with E-state index in [0.717, 1.165) is 29.0 Å². The van der Waals surface area contributed by atoms with E-state index < -0.39 is 0 Å². The molecule has 0 atom stereocenters. The number of methoxy groups -OCH3 is 1. The quantitative estimate of drug-likeness (QED) is 0.387. The Bertz CT molecular complexity index is 1220. The van der Waals surface area contributed by atoms with E-state index >= 15 is 0 Å². The molecule has 0 aliphatic rings. The summed E-state index contributed by atoms with van der Waals surface area (Å²) in [6, 6.07) is 23.5. The van der Waals surface area contributed by atoms with Gasteiger partial charge in [0.25, 0.3) is 5.91 Å². The number of nitrogens with one attached hydrogen (secondary N) is 1. The van der Waals surface area contributed by atoms with Gasteiger partial charge < -0.3 is 19.4 Å². The molecule has 33 heavy (non-hydrogen) atoms. The topological polar surface area (TPSA) is 65.4 Å². The molecule has 0 saturated heterocycles. The van der Waals surface area contributed by atoms with Gasteiger partial charge in [0.2, 0.25) is 0 Å². The lowest BCUT2D eigenvalue weighted by Crippen LogP contribution is -2.27. The highest BCUT2D eigenvalue weighted by molar-refractivity contribution is 5.96. The molecule has 0 aliphatic carbocycles. The van der Waals surface area contributed by atoms with Crippen LogP contribution in [0.4, 0.5) is 0 Å². The number of aryl methyl sites for hydroxylation is 1. The SMILES string of the molecule is CCc1ccc(OCCn2c(CCNC(=O)c3ccccc3OC)nc3ccccc32)cc1. The van der Waals surface area contributed by atoms with E-state index in [1.807, 2.05) is 42.5 Å². The predicted molar refractivity (Wildman–Crippen MR) is 130 cm³/mol. The maximum absolute atomic E-state index is 12.6. The smallest absolute Gasteiger partial charge is 0.255 e. The minimum atomic E-state index is -0.158. The van der Waals surface area contributed by atoms with Crippen molar-refractivity contribution in [2.75, 3.05) is 20.3 Å². The lowest BCUT2D eigenvalue weighted by molar-refractivity contribution is 0.0951. The molecule has 1 heterocycles. The van der Waals surface area contributed by atoms with Gasteiger partial charge in [0.15, 0.2) is 0 Å². The number of carbonyl (C=O) groups excluding carboxylic acids is 1. The largest absolute Gasteiger partial charge is 0.496 e. The summed E-state index contributed by atoms with van der Waals surface area (Å²) in [7, 11) is 1.56. The van der Waals surface area contributed by atoms with Crippen molar-refractivity contribution in [1.82, 2.24) is 14.9 Å². The zero-order chi connectivity index (χ0) is 23.0. The zero-order valence-corrected chi connectivity index (χ0v) is 19.1. The maximum atomic E-state index is 12.6. The molecule has 6 nitrogen and oxygen atoms in total. The minimum absolute atomic E-state index is 0.158. The number of hydrogen-bond donors (Lipinski definition) is 1. The average Bonchev–Trinajstić information content (AvgIpc) is 3.21. The minimum Gasteiger partial charge on any atom is -0.496 e. The van der Waals surface area contributed by atoms with Crippen LogP contribution in [0.1, 0.15) is 28.7 Å². The van der Waals surface area contributed by atoms with Gasteiger partial charge in [0.1, 0.15) is 23.9 Å². The van der Waals surface area contributed by atoms with E-state index in [1.165, 1.54) is 5.56 Å². The van der Waals surface area contributed by atoms with E-state index in [2.05, 4.69) is 35.0 Å². The lowest BCUT2D eigenvalue weighted by atomic mass is 10.2. The molecule has 0 saturated carbocycles. The Morgan fingerprint density at radius 3 is 2.55 bits per heavy atom. The summed E-state index contributed by atoms with van der Waals surface area (Å²) < 4.78 is 13.4. The third-order valence-electron chi connectivity index (χ3n) is 5.63. The van der Waals surface area contributed by atoms with Crippen LogP contribution in [0.15, 0.2) is 72.8 Å². The van der Waals surface area contributed by atoms with Crippen LogP contribution in [0.2, 0.25) is 0 Å². The van der Waals surface area contributed by atoms with E-state index in [-0.39, 0.29) is 5.91 Å². The number of hydrogen-bond acceptors (Lipinski definition) is 4. The first-order valence-corrected chi connectivity index (χ1v) is 11.3. The number of rotatable bonds is 10. The lowest BCUT2D eigenvalue weighted by Gasteiger charge is -2.12. The van der Waals surface area contributed by atoms with E-state index in [0.29, 0.717) is 37.4 Å². The van der Waals surface area contributed by atoms with Crippen molar-refractivity contribution in [1.29, 1.82) is 0 Å². The summed E-state index contributed by atoms with van der Waals surface area (Å²) in [6.07, 6.45) is 1.62. The van der Waals surface area contributed by atoms with Crippen LogP contribution in [-0.2, 0) is 19.4 Å². The van der Waals surface area contributed by atoms with Gasteiger partial charge in [-0.25, -0.2) is 4.98 Å². The summed E-state index contributed by atoms with van der Waals surface area (Å²) in [5.41, 5.74) is 3.82. The molecule has 0 aliphatic heterocycles. The summed E-state index contributed by atoms with van der Waals surface area (Å²) >= 11 is 0. The second kappa shape index (κ2) is 10.7. The molecule has 1 amide bonds. The maximum Gasteiger partial charge on any atom is 0.255 e. The number of imidazole rings is 1. The van der Waals surface area contributed by atoms with Crippen LogP contribution in [0.5, 0.6) is 11.5 Å². The summed E-state index contributed by atoms with van der Waals surface area (Å²) in [5.74, 6) is 2.18. The first kappa shape index (κ1) is 22.4. The third-order valence-corrected chi connectivity index (χ3v) is 5.63. The van der Waals surface area contributed by atoms with Crippen molar-refractivity contribution in [3.05, 3.63) is 89.7 Å². The third kappa shape index (κ3) is 5.34. The number of nitrogens with zero attached hydrogens (tertiary/aromatic N) is 2. The average molecular weight is 444 g/mol. The molecule has 0 radical (unpaired) electrons. The number of carbonyl (C=O) groups is 1. The molecule has 1 aromatic heterocycles. The highest BCUT2D eigenvalue weighted by Gasteiger charge is 2.13. The highest BCUT2D eigenvalue weighted by Crippen LogP contribution is 2.19. The molecule has 0 fully saturated rings. The van der Waals surface area contributed by atoms with Crippen LogP contribution in [0.25, 0.3) is 11.0 Å². The zero-order valence-electron chi connectivity index (χ0n) is 19.1. The second-order valence-electron chi connectivity index (χ2n) is 7.72. The molecular weight excluding hydrogens is 414 g/mol. The predicted octanol–water partition coefficient (Wildman–Crippen LogP) is 4.66. The Labute approximate surface area is 194 Å². The number of aromatic nitrogens is 2. The Morgan fingerprint density at radius 1 is 1.00 bits per heavy atom. The van der Waals surface area contributed by atoms with E-state index in [1.54, 1.807) is 19.2 Å². The monoisotopic (exact) mass is 443 g/mol. The molecule has 4 aromatic rings. The fraction of sp³-hybridized carbons (Fsp3) is 0.259. The number of para-hydroxylation sites is 3. The summed E-state index contributed by atoms with van der Waals surface area (Å²) in [4.78, 5) is 17.4. The van der Waals surface area contributed by atoms with Gasteiger partial charge in [0, 0.05) is 13.0 Å².